The number of benzene rings is 2. The van der Waals surface area contributed by atoms with Gasteiger partial charge >= 0.3 is 0 Å². The molecule has 2 aromatic carbocycles. The second kappa shape index (κ2) is 7.25. The Kier molecular flexibility index (Phi) is 4.36. The highest BCUT2D eigenvalue weighted by molar-refractivity contribution is 7.98. The molecule has 0 unspecified atom stereocenters. The lowest BCUT2D eigenvalue weighted by Gasteiger charge is -2.38. The topological polar surface area (TPSA) is 52.0 Å². The third-order valence-electron chi connectivity index (χ3n) is 5.53. The lowest BCUT2D eigenvalue weighted by molar-refractivity contribution is 0.226. The standard InChI is InChI=1S/C23H17FN4OS2/c1-30-23-26-22-25-19-15-5-2-3-6-16(15)29-21(17-7-4-12-31-17)18(19)20(28(22)27-23)13-8-10-14(24)11-9-13/h2-12,20-21H,1H3,(H,25,26,27)/t20-,21+/m1/s1. The van der Waals surface area contributed by atoms with Gasteiger partial charge in [-0.15, -0.1) is 16.4 Å². The maximum absolute atomic E-state index is 13.8. The minimum absolute atomic E-state index is 0.268. The average Bonchev–Trinajstić information content (AvgIpc) is 3.47. The van der Waals surface area contributed by atoms with Gasteiger partial charge in [0.15, 0.2) is 6.10 Å². The molecule has 4 heterocycles. The monoisotopic (exact) mass is 448 g/mol. The van der Waals surface area contributed by atoms with Gasteiger partial charge < -0.3 is 10.1 Å². The number of hydrogen-bond acceptors (Lipinski definition) is 6. The van der Waals surface area contributed by atoms with Crippen LogP contribution >= 0.6 is 23.1 Å². The van der Waals surface area contributed by atoms with Gasteiger partial charge in [0.05, 0.1) is 5.70 Å². The van der Waals surface area contributed by atoms with E-state index < -0.39 is 0 Å². The molecule has 154 valence electrons. The Labute approximate surface area is 186 Å². The number of thiophene rings is 1. The molecule has 1 N–H and O–H groups in total. The van der Waals surface area contributed by atoms with Crippen molar-refractivity contribution in [2.45, 2.75) is 17.3 Å². The molecule has 4 aromatic rings. The predicted octanol–water partition coefficient (Wildman–Crippen LogP) is 5.76. The molecule has 5 nitrogen and oxygen atoms in total. The molecule has 31 heavy (non-hydrogen) atoms. The van der Waals surface area contributed by atoms with Crippen molar-refractivity contribution in [2.24, 2.45) is 0 Å². The summed E-state index contributed by atoms with van der Waals surface area (Å²) in [7, 11) is 0. The van der Waals surface area contributed by atoms with Crippen molar-refractivity contribution >= 4 is 34.7 Å². The maximum Gasteiger partial charge on any atom is 0.227 e. The van der Waals surface area contributed by atoms with Crippen molar-refractivity contribution in [3.63, 3.8) is 0 Å². The van der Waals surface area contributed by atoms with Gasteiger partial charge in [-0.1, -0.05) is 42.1 Å². The minimum atomic E-state index is -0.289. The second-order valence-electron chi connectivity index (χ2n) is 7.29. The van der Waals surface area contributed by atoms with Crippen LogP contribution in [0.15, 0.2) is 76.8 Å². The Morgan fingerprint density at radius 2 is 1.94 bits per heavy atom. The first-order valence-corrected chi connectivity index (χ1v) is 11.9. The minimum Gasteiger partial charge on any atom is -0.480 e. The third kappa shape index (κ3) is 2.97. The zero-order chi connectivity index (χ0) is 20.9. The van der Waals surface area contributed by atoms with Gasteiger partial charge in [-0.25, -0.2) is 9.07 Å². The van der Waals surface area contributed by atoms with E-state index in [0.29, 0.717) is 11.1 Å². The van der Waals surface area contributed by atoms with Gasteiger partial charge in [0.1, 0.15) is 17.6 Å². The summed E-state index contributed by atoms with van der Waals surface area (Å²) in [5, 5.41) is 11.0. The number of nitrogens with zero attached hydrogens (tertiary/aromatic N) is 3. The number of aromatic nitrogens is 3. The van der Waals surface area contributed by atoms with Crippen LogP contribution in [0.2, 0.25) is 0 Å². The zero-order valence-electron chi connectivity index (χ0n) is 16.4. The van der Waals surface area contributed by atoms with Gasteiger partial charge in [0.2, 0.25) is 11.1 Å². The summed E-state index contributed by atoms with van der Waals surface area (Å²) in [6.45, 7) is 0. The molecular formula is C23H17FN4OS2. The number of ether oxygens (including phenoxy) is 1. The average molecular weight is 449 g/mol. The molecule has 2 aliphatic heterocycles. The van der Waals surface area contributed by atoms with Crippen LogP contribution < -0.4 is 10.1 Å². The zero-order valence-corrected chi connectivity index (χ0v) is 18.1. The third-order valence-corrected chi connectivity index (χ3v) is 6.98. The number of thioether (sulfide) groups is 1. The summed E-state index contributed by atoms with van der Waals surface area (Å²) in [4.78, 5) is 5.77. The molecule has 2 aromatic heterocycles. The normalized spacial score (nSPS) is 19.2. The largest absolute Gasteiger partial charge is 0.480 e. The Balaban J connectivity index is 1.64. The second-order valence-corrected chi connectivity index (χ2v) is 9.04. The van der Waals surface area contributed by atoms with Crippen molar-refractivity contribution in [2.75, 3.05) is 11.6 Å². The van der Waals surface area contributed by atoms with Crippen LogP contribution in [0.1, 0.15) is 28.1 Å². The fourth-order valence-corrected chi connectivity index (χ4v) is 5.31. The maximum atomic E-state index is 13.8. The molecule has 0 aliphatic carbocycles. The Hall–Kier alpha value is -3.10. The lowest BCUT2D eigenvalue weighted by Crippen LogP contribution is -2.32. The van der Waals surface area contributed by atoms with Crippen molar-refractivity contribution < 1.29 is 9.13 Å². The molecule has 0 saturated heterocycles. The van der Waals surface area contributed by atoms with E-state index in [1.54, 1.807) is 11.3 Å². The highest BCUT2D eigenvalue weighted by atomic mass is 32.2. The van der Waals surface area contributed by atoms with E-state index >= 15 is 0 Å². The Morgan fingerprint density at radius 1 is 1.10 bits per heavy atom. The molecule has 0 bridgehead atoms. The lowest BCUT2D eigenvalue weighted by atomic mass is 9.86. The molecule has 0 saturated carbocycles. The summed E-state index contributed by atoms with van der Waals surface area (Å²) in [5.41, 5.74) is 3.93. The van der Waals surface area contributed by atoms with E-state index in [-0.39, 0.29) is 18.0 Å². The molecule has 2 atom stereocenters. The van der Waals surface area contributed by atoms with E-state index in [0.717, 1.165) is 33.0 Å². The quantitative estimate of drug-likeness (QED) is 0.404. The highest BCUT2D eigenvalue weighted by Crippen LogP contribution is 2.51. The number of nitrogens with one attached hydrogen (secondary N) is 1. The van der Waals surface area contributed by atoms with Gasteiger partial charge in [0.25, 0.3) is 0 Å². The number of fused-ring (bicyclic) bond motifs is 3. The van der Waals surface area contributed by atoms with Crippen LogP contribution in [0, 0.1) is 5.82 Å². The summed E-state index contributed by atoms with van der Waals surface area (Å²) in [6, 6.07) is 18.4. The van der Waals surface area contributed by atoms with Gasteiger partial charge in [0, 0.05) is 16.0 Å². The van der Waals surface area contributed by atoms with E-state index in [4.69, 9.17) is 9.84 Å². The molecule has 8 heteroatoms. The van der Waals surface area contributed by atoms with Crippen LogP contribution in [-0.2, 0) is 0 Å². The molecule has 0 spiro atoms. The van der Waals surface area contributed by atoms with Crippen LogP contribution in [0.5, 0.6) is 5.75 Å². The van der Waals surface area contributed by atoms with Gasteiger partial charge in [-0.05, 0) is 47.5 Å². The van der Waals surface area contributed by atoms with Crippen LogP contribution in [0.4, 0.5) is 10.3 Å². The summed E-state index contributed by atoms with van der Waals surface area (Å²) in [6.07, 6.45) is 1.66. The molecule has 0 amide bonds. The number of anilines is 1. The first-order chi connectivity index (χ1) is 15.2. The summed E-state index contributed by atoms with van der Waals surface area (Å²) in [5.74, 6) is 1.22. The number of halogens is 1. The van der Waals surface area contributed by atoms with Crippen molar-refractivity contribution in [1.29, 1.82) is 0 Å². The first-order valence-electron chi connectivity index (χ1n) is 9.79. The molecule has 0 fully saturated rings. The van der Waals surface area contributed by atoms with Gasteiger partial charge in [-0.3, -0.25) is 0 Å². The predicted molar refractivity (Wildman–Crippen MR) is 121 cm³/mol. The van der Waals surface area contributed by atoms with Crippen molar-refractivity contribution in [1.82, 2.24) is 14.8 Å². The summed E-state index contributed by atoms with van der Waals surface area (Å²) < 4.78 is 22.2. The van der Waals surface area contributed by atoms with Crippen LogP contribution in [0.25, 0.3) is 5.70 Å². The molecule has 2 aliphatic rings. The number of hydrogen-bond donors (Lipinski definition) is 1. The molecule has 6 rings (SSSR count). The fourth-order valence-electron chi connectivity index (χ4n) is 4.19. The Bertz CT molecular complexity index is 1300. The van der Waals surface area contributed by atoms with E-state index in [2.05, 4.69) is 21.7 Å². The number of rotatable bonds is 3. The van der Waals surface area contributed by atoms with Crippen molar-refractivity contribution in [3.8, 4) is 5.75 Å². The van der Waals surface area contributed by atoms with Crippen LogP contribution in [0.3, 0.4) is 0 Å². The van der Waals surface area contributed by atoms with Crippen LogP contribution in [-0.4, -0.2) is 21.0 Å². The first kappa shape index (κ1) is 18.7. The van der Waals surface area contributed by atoms with Crippen molar-refractivity contribution in [3.05, 3.63) is 93.4 Å². The number of para-hydroxylation sites is 1. The van der Waals surface area contributed by atoms with E-state index in [1.165, 1.54) is 23.9 Å². The Morgan fingerprint density at radius 3 is 2.71 bits per heavy atom. The van der Waals surface area contributed by atoms with Gasteiger partial charge in [-0.2, -0.15) is 4.98 Å². The van der Waals surface area contributed by atoms with E-state index in [9.17, 15) is 4.39 Å². The highest BCUT2D eigenvalue weighted by Gasteiger charge is 2.41. The summed E-state index contributed by atoms with van der Waals surface area (Å²) >= 11 is 3.14. The fraction of sp³-hybridized carbons (Fsp3) is 0.130. The molecule has 0 radical (unpaired) electrons. The molecular weight excluding hydrogens is 431 g/mol. The smallest absolute Gasteiger partial charge is 0.227 e. The van der Waals surface area contributed by atoms with E-state index in [1.807, 2.05) is 53.4 Å². The SMILES string of the molecule is CSc1nc2n(n1)[C@H](c1ccc(F)cc1)C1=C(N2)c2ccccc2O[C@H]1c1cccs1.